The van der Waals surface area contributed by atoms with Gasteiger partial charge in [0.1, 0.15) is 0 Å². The van der Waals surface area contributed by atoms with E-state index in [4.69, 9.17) is 16.3 Å². The standard InChI is InChI=1S/C20H19ClF3NO5S/c1-3-30-18(26)16-9-8-15(11-17(16)21)31(28,29)14-6-4-13(5-7-14)10-12(2)25-19(27)20(22,23)24/h4-9,11-12H,3,10H2,1-2H3,(H,25,27)/t12-/m1/s1. The van der Waals surface area contributed by atoms with Gasteiger partial charge in [-0.25, -0.2) is 13.2 Å². The SMILES string of the molecule is CCOC(=O)c1ccc(S(=O)(=O)c2ccc(C[C@@H](C)NC(=O)C(F)(F)F)cc2)cc1Cl. The number of carbonyl (C=O) groups is 2. The second kappa shape index (κ2) is 9.69. The molecule has 0 aliphatic heterocycles. The lowest BCUT2D eigenvalue weighted by Gasteiger charge is -2.15. The molecule has 2 rings (SSSR count). The molecule has 0 aliphatic rings. The fourth-order valence-corrected chi connectivity index (χ4v) is 4.30. The molecule has 0 aliphatic carbocycles. The van der Waals surface area contributed by atoms with Gasteiger partial charge in [-0.1, -0.05) is 23.7 Å². The minimum atomic E-state index is -4.98. The van der Waals surface area contributed by atoms with E-state index in [1.165, 1.54) is 43.3 Å². The number of ether oxygens (including phenoxy) is 1. The monoisotopic (exact) mass is 477 g/mol. The molecule has 11 heteroatoms. The van der Waals surface area contributed by atoms with Crippen LogP contribution in [0.3, 0.4) is 0 Å². The molecule has 0 saturated carbocycles. The summed E-state index contributed by atoms with van der Waals surface area (Å²) in [5, 5.41) is 1.76. The molecular weight excluding hydrogens is 459 g/mol. The van der Waals surface area contributed by atoms with Crippen LogP contribution in [-0.2, 0) is 25.8 Å². The zero-order valence-corrected chi connectivity index (χ0v) is 18.1. The Kier molecular flexibility index (Phi) is 7.72. The van der Waals surface area contributed by atoms with Crippen molar-refractivity contribution in [1.29, 1.82) is 0 Å². The molecule has 0 bridgehead atoms. The highest BCUT2D eigenvalue weighted by Crippen LogP contribution is 2.27. The number of sulfone groups is 1. The summed E-state index contributed by atoms with van der Waals surface area (Å²) < 4.78 is 67.4. The van der Waals surface area contributed by atoms with Crippen LogP contribution in [0.1, 0.15) is 29.8 Å². The first kappa shape index (κ1) is 24.7. The van der Waals surface area contributed by atoms with Crippen LogP contribution in [0.15, 0.2) is 52.3 Å². The van der Waals surface area contributed by atoms with E-state index >= 15 is 0 Å². The van der Waals surface area contributed by atoms with E-state index in [0.29, 0.717) is 5.56 Å². The lowest BCUT2D eigenvalue weighted by Crippen LogP contribution is -2.42. The molecule has 168 valence electrons. The molecule has 1 atom stereocenters. The molecule has 1 amide bonds. The van der Waals surface area contributed by atoms with Crippen LogP contribution in [0, 0.1) is 0 Å². The smallest absolute Gasteiger partial charge is 0.462 e. The van der Waals surface area contributed by atoms with Crippen molar-refractivity contribution in [2.24, 2.45) is 0 Å². The van der Waals surface area contributed by atoms with Gasteiger partial charge in [0, 0.05) is 6.04 Å². The first-order valence-corrected chi connectivity index (χ1v) is 10.9. The number of rotatable bonds is 7. The number of benzene rings is 2. The summed E-state index contributed by atoms with van der Waals surface area (Å²) in [4.78, 5) is 22.6. The Morgan fingerprint density at radius 2 is 1.68 bits per heavy atom. The predicted octanol–water partition coefficient (Wildman–Crippen LogP) is 3.96. The number of halogens is 4. The molecule has 31 heavy (non-hydrogen) atoms. The van der Waals surface area contributed by atoms with E-state index in [1.807, 2.05) is 5.32 Å². The molecule has 0 fully saturated rings. The average molecular weight is 478 g/mol. The third kappa shape index (κ3) is 6.20. The Morgan fingerprint density at radius 1 is 1.10 bits per heavy atom. The Labute approximate surface area is 182 Å². The van der Waals surface area contributed by atoms with Crippen LogP contribution in [0.4, 0.5) is 13.2 Å². The zero-order valence-electron chi connectivity index (χ0n) is 16.5. The van der Waals surface area contributed by atoms with Crippen molar-refractivity contribution in [1.82, 2.24) is 5.32 Å². The normalized spacial score (nSPS) is 12.8. The molecule has 0 spiro atoms. The third-order valence-corrected chi connectivity index (χ3v) is 6.24. The lowest BCUT2D eigenvalue weighted by molar-refractivity contribution is -0.174. The van der Waals surface area contributed by atoms with Crippen LogP contribution in [0.25, 0.3) is 0 Å². The van der Waals surface area contributed by atoms with Crippen LogP contribution in [-0.4, -0.2) is 39.1 Å². The van der Waals surface area contributed by atoms with Gasteiger partial charge in [0.15, 0.2) is 0 Å². The average Bonchev–Trinajstić information content (AvgIpc) is 2.67. The maximum Gasteiger partial charge on any atom is 0.471 e. The van der Waals surface area contributed by atoms with E-state index < -0.39 is 33.9 Å². The van der Waals surface area contributed by atoms with Crippen molar-refractivity contribution in [2.75, 3.05) is 6.61 Å². The van der Waals surface area contributed by atoms with Gasteiger partial charge in [-0.05, 0) is 56.2 Å². The third-order valence-electron chi connectivity index (χ3n) is 4.16. The largest absolute Gasteiger partial charge is 0.471 e. The fraction of sp³-hybridized carbons (Fsp3) is 0.300. The summed E-state index contributed by atoms with van der Waals surface area (Å²) >= 11 is 6.03. The lowest BCUT2D eigenvalue weighted by atomic mass is 10.1. The van der Waals surface area contributed by atoms with Crippen molar-refractivity contribution >= 4 is 33.3 Å². The number of amides is 1. The molecule has 2 aromatic carbocycles. The second-order valence-electron chi connectivity index (χ2n) is 6.59. The molecule has 6 nitrogen and oxygen atoms in total. The number of hydrogen-bond acceptors (Lipinski definition) is 5. The van der Waals surface area contributed by atoms with E-state index in [0.717, 1.165) is 6.07 Å². The molecule has 0 radical (unpaired) electrons. The summed E-state index contributed by atoms with van der Waals surface area (Å²) in [6, 6.07) is 8.31. The zero-order chi connectivity index (χ0) is 23.4. The van der Waals surface area contributed by atoms with E-state index in [-0.39, 0.29) is 33.4 Å². The number of hydrogen-bond donors (Lipinski definition) is 1. The minimum Gasteiger partial charge on any atom is -0.462 e. The topological polar surface area (TPSA) is 89.5 Å². The summed E-state index contributed by atoms with van der Waals surface area (Å²) in [5.41, 5.74) is 0.567. The second-order valence-corrected chi connectivity index (χ2v) is 8.94. The number of alkyl halides is 3. The summed E-state index contributed by atoms with van der Waals surface area (Å²) in [5.74, 6) is -2.71. The predicted molar refractivity (Wildman–Crippen MR) is 107 cm³/mol. The quantitative estimate of drug-likeness (QED) is 0.610. The first-order chi connectivity index (χ1) is 14.4. The number of nitrogens with one attached hydrogen (secondary N) is 1. The highest BCUT2D eigenvalue weighted by atomic mass is 35.5. The Balaban J connectivity index is 2.17. The minimum absolute atomic E-state index is 0.0349. The van der Waals surface area contributed by atoms with Gasteiger partial charge in [-0.3, -0.25) is 4.79 Å². The van der Waals surface area contributed by atoms with Crippen molar-refractivity contribution in [2.45, 2.75) is 42.3 Å². The molecule has 0 aromatic heterocycles. The van der Waals surface area contributed by atoms with Gasteiger partial charge in [-0.15, -0.1) is 0 Å². The van der Waals surface area contributed by atoms with Crippen molar-refractivity contribution in [3.8, 4) is 0 Å². The Bertz CT molecular complexity index is 1070. The maximum absolute atomic E-state index is 12.8. The van der Waals surface area contributed by atoms with Gasteiger partial charge < -0.3 is 10.1 Å². The maximum atomic E-state index is 12.8. The first-order valence-electron chi connectivity index (χ1n) is 9.04. The van der Waals surface area contributed by atoms with Crippen LogP contribution >= 0.6 is 11.6 Å². The van der Waals surface area contributed by atoms with Gasteiger partial charge in [0.05, 0.1) is 27.0 Å². The summed E-state index contributed by atoms with van der Waals surface area (Å²) in [6.07, 6.45) is -4.90. The van der Waals surface area contributed by atoms with Crippen LogP contribution < -0.4 is 5.32 Å². The van der Waals surface area contributed by atoms with Crippen LogP contribution in [0.2, 0.25) is 5.02 Å². The van der Waals surface area contributed by atoms with Crippen LogP contribution in [0.5, 0.6) is 0 Å². The molecule has 0 unspecified atom stereocenters. The van der Waals surface area contributed by atoms with Crippen molar-refractivity contribution < 1.29 is 35.9 Å². The highest BCUT2D eigenvalue weighted by molar-refractivity contribution is 7.91. The molecule has 2 aromatic rings. The van der Waals surface area contributed by atoms with E-state index in [1.54, 1.807) is 6.92 Å². The number of carbonyl (C=O) groups excluding carboxylic acids is 2. The molecule has 1 N–H and O–H groups in total. The van der Waals surface area contributed by atoms with Crippen molar-refractivity contribution in [3.05, 3.63) is 58.6 Å². The fourth-order valence-electron chi connectivity index (χ4n) is 2.69. The van der Waals surface area contributed by atoms with Gasteiger partial charge in [0.2, 0.25) is 9.84 Å². The van der Waals surface area contributed by atoms with Gasteiger partial charge in [-0.2, -0.15) is 13.2 Å². The van der Waals surface area contributed by atoms with Crippen molar-refractivity contribution in [3.63, 3.8) is 0 Å². The molecule has 0 heterocycles. The molecule has 0 saturated heterocycles. The van der Waals surface area contributed by atoms with Gasteiger partial charge in [0.25, 0.3) is 0 Å². The summed E-state index contributed by atoms with van der Waals surface area (Å²) in [7, 11) is -3.95. The Morgan fingerprint density at radius 3 is 2.19 bits per heavy atom. The highest BCUT2D eigenvalue weighted by Gasteiger charge is 2.39. The summed E-state index contributed by atoms with van der Waals surface area (Å²) in [6.45, 7) is 3.17. The van der Waals surface area contributed by atoms with E-state index in [2.05, 4.69) is 0 Å². The Hall–Kier alpha value is -2.59. The number of esters is 1. The van der Waals surface area contributed by atoms with Gasteiger partial charge >= 0.3 is 18.1 Å². The van der Waals surface area contributed by atoms with E-state index in [9.17, 15) is 31.2 Å². The molecular formula is C20H19ClF3NO5S.